The van der Waals surface area contributed by atoms with Crippen LogP contribution in [-0.4, -0.2) is 25.1 Å². The first kappa shape index (κ1) is 12.0. The number of hydrogen-bond acceptors (Lipinski definition) is 4. The molecule has 0 spiro atoms. The van der Waals surface area contributed by atoms with Crippen LogP contribution < -0.4 is 10.5 Å². The summed E-state index contributed by atoms with van der Waals surface area (Å²) in [6.45, 7) is 1.53. The lowest BCUT2D eigenvalue weighted by molar-refractivity contribution is -0.123. The first-order valence-corrected chi connectivity index (χ1v) is 4.69. The summed E-state index contributed by atoms with van der Waals surface area (Å²) in [5.41, 5.74) is 5.41. The minimum Gasteiger partial charge on any atom is -0.481 e. The summed E-state index contributed by atoms with van der Waals surface area (Å²) in [6, 6.07) is 6.35. The number of hydrogen-bond donors (Lipinski definition) is 1. The van der Waals surface area contributed by atoms with Crippen molar-refractivity contribution in [2.45, 2.75) is 13.0 Å². The number of carbonyl (C=O) groups is 2. The maximum Gasteiger partial charge on any atom is 0.337 e. The van der Waals surface area contributed by atoms with Crippen LogP contribution >= 0.6 is 0 Å². The highest BCUT2D eigenvalue weighted by Gasteiger charge is 2.12. The van der Waals surface area contributed by atoms with Crippen LogP contribution in [0.5, 0.6) is 5.75 Å². The van der Waals surface area contributed by atoms with Crippen LogP contribution in [0.15, 0.2) is 24.3 Å². The Bertz CT molecular complexity index is 403. The fourth-order valence-corrected chi connectivity index (χ4v) is 1.08. The zero-order valence-corrected chi connectivity index (χ0v) is 9.10. The van der Waals surface area contributed by atoms with Crippen LogP contribution in [0, 0.1) is 0 Å². The average Bonchev–Trinajstić information content (AvgIpc) is 2.28. The Balaban J connectivity index is 2.82. The normalized spacial score (nSPS) is 11.6. The van der Waals surface area contributed by atoms with Gasteiger partial charge in [-0.2, -0.15) is 0 Å². The third-order valence-corrected chi connectivity index (χ3v) is 1.97. The van der Waals surface area contributed by atoms with Gasteiger partial charge in [-0.15, -0.1) is 0 Å². The number of benzene rings is 1. The molecule has 5 heteroatoms. The van der Waals surface area contributed by atoms with Crippen LogP contribution in [0.4, 0.5) is 0 Å². The van der Waals surface area contributed by atoms with Gasteiger partial charge < -0.3 is 15.2 Å². The van der Waals surface area contributed by atoms with E-state index < -0.39 is 18.0 Å². The molecule has 5 nitrogen and oxygen atoms in total. The van der Waals surface area contributed by atoms with E-state index in [-0.39, 0.29) is 0 Å². The van der Waals surface area contributed by atoms with Gasteiger partial charge in [0.15, 0.2) is 6.10 Å². The molecule has 1 rings (SSSR count). The van der Waals surface area contributed by atoms with E-state index in [4.69, 9.17) is 10.5 Å². The highest BCUT2D eigenvalue weighted by molar-refractivity contribution is 5.89. The SMILES string of the molecule is COC(=O)c1cccc(O[C@H](C)C(N)=O)c1. The third-order valence-electron chi connectivity index (χ3n) is 1.97. The van der Waals surface area contributed by atoms with Gasteiger partial charge in [0.25, 0.3) is 5.91 Å². The number of amides is 1. The minimum atomic E-state index is -0.743. The maximum atomic E-state index is 11.2. The minimum absolute atomic E-state index is 0.358. The van der Waals surface area contributed by atoms with Crippen molar-refractivity contribution < 1.29 is 19.1 Å². The van der Waals surface area contributed by atoms with Crippen molar-refractivity contribution in [3.8, 4) is 5.75 Å². The molecule has 0 saturated heterocycles. The Morgan fingerprint density at radius 1 is 1.38 bits per heavy atom. The fourth-order valence-electron chi connectivity index (χ4n) is 1.08. The maximum absolute atomic E-state index is 11.2. The van der Waals surface area contributed by atoms with Gasteiger partial charge in [0, 0.05) is 0 Å². The van der Waals surface area contributed by atoms with Crippen molar-refractivity contribution in [2.75, 3.05) is 7.11 Å². The van der Waals surface area contributed by atoms with Crippen LogP contribution in [0.2, 0.25) is 0 Å². The Morgan fingerprint density at radius 3 is 2.62 bits per heavy atom. The van der Waals surface area contributed by atoms with Crippen LogP contribution in [0.3, 0.4) is 0 Å². The molecule has 86 valence electrons. The van der Waals surface area contributed by atoms with Crippen molar-refractivity contribution >= 4 is 11.9 Å². The van der Waals surface area contributed by atoms with Gasteiger partial charge in [-0.3, -0.25) is 4.79 Å². The van der Waals surface area contributed by atoms with E-state index in [2.05, 4.69) is 4.74 Å². The van der Waals surface area contributed by atoms with Gasteiger partial charge in [0.2, 0.25) is 0 Å². The zero-order chi connectivity index (χ0) is 12.1. The summed E-state index contributed by atoms with van der Waals surface area (Å²) in [5.74, 6) is -0.630. The first-order chi connectivity index (χ1) is 7.54. The molecule has 0 aliphatic carbocycles. The second-order valence-corrected chi connectivity index (χ2v) is 3.18. The summed E-state index contributed by atoms with van der Waals surface area (Å²) in [5, 5.41) is 0. The number of nitrogens with two attached hydrogens (primary N) is 1. The molecule has 1 atom stereocenters. The Hall–Kier alpha value is -2.04. The van der Waals surface area contributed by atoms with E-state index in [9.17, 15) is 9.59 Å². The van der Waals surface area contributed by atoms with Gasteiger partial charge in [-0.1, -0.05) is 6.07 Å². The van der Waals surface area contributed by atoms with Crippen molar-refractivity contribution in [3.63, 3.8) is 0 Å². The van der Waals surface area contributed by atoms with E-state index >= 15 is 0 Å². The van der Waals surface area contributed by atoms with Crippen LogP contribution in [0.1, 0.15) is 17.3 Å². The predicted octanol–water partition coefficient (Wildman–Crippen LogP) is 0.726. The molecule has 1 aromatic rings. The second-order valence-electron chi connectivity index (χ2n) is 3.18. The standard InChI is InChI=1S/C11H13NO4/c1-7(10(12)13)16-9-5-3-4-8(6-9)11(14)15-2/h3-7H,1-2H3,(H2,12,13)/t7-/m1/s1. The lowest BCUT2D eigenvalue weighted by Crippen LogP contribution is -2.30. The Morgan fingerprint density at radius 2 is 2.06 bits per heavy atom. The van der Waals surface area contributed by atoms with Gasteiger partial charge in [0.05, 0.1) is 12.7 Å². The monoisotopic (exact) mass is 223 g/mol. The lowest BCUT2D eigenvalue weighted by Gasteiger charge is -2.11. The largest absolute Gasteiger partial charge is 0.481 e. The zero-order valence-electron chi connectivity index (χ0n) is 9.10. The molecule has 1 aromatic carbocycles. The van der Waals surface area contributed by atoms with Crippen molar-refractivity contribution in [1.29, 1.82) is 0 Å². The molecule has 0 saturated carbocycles. The highest BCUT2D eigenvalue weighted by atomic mass is 16.5. The van der Waals surface area contributed by atoms with Crippen LogP contribution in [0.25, 0.3) is 0 Å². The Labute approximate surface area is 93.1 Å². The van der Waals surface area contributed by atoms with Gasteiger partial charge in [0.1, 0.15) is 5.75 Å². The lowest BCUT2D eigenvalue weighted by atomic mass is 10.2. The highest BCUT2D eigenvalue weighted by Crippen LogP contribution is 2.15. The molecule has 0 heterocycles. The van der Waals surface area contributed by atoms with Crippen molar-refractivity contribution in [2.24, 2.45) is 5.73 Å². The molecule has 1 amide bonds. The van der Waals surface area contributed by atoms with E-state index in [0.29, 0.717) is 11.3 Å². The summed E-state index contributed by atoms with van der Waals surface area (Å²) in [6.07, 6.45) is -0.743. The predicted molar refractivity (Wildman–Crippen MR) is 57.1 cm³/mol. The number of carbonyl (C=O) groups excluding carboxylic acids is 2. The van der Waals surface area contributed by atoms with Crippen LogP contribution in [-0.2, 0) is 9.53 Å². The molecule has 0 radical (unpaired) electrons. The van der Waals surface area contributed by atoms with Gasteiger partial charge in [-0.25, -0.2) is 4.79 Å². The molecular weight excluding hydrogens is 210 g/mol. The molecular formula is C11H13NO4. The molecule has 0 bridgehead atoms. The fraction of sp³-hybridized carbons (Fsp3) is 0.273. The molecule has 0 aliphatic heterocycles. The van der Waals surface area contributed by atoms with E-state index in [0.717, 1.165) is 0 Å². The van der Waals surface area contributed by atoms with Gasteiger partial charge >= 0.3 is 5.97 Å². The number of primary amides is 1. The quantitative estimate of drug-likeness (QED) is 0.763. The van der Waals surface area contributed by atoms with E-state index in [1.54, 1.807) is 18.2 Å². The number of methoxy groups -OCH3 is 1. The molecule has 2 N–H and O–H groups in total. The number of ether oxygens (including phenoxy) is 2. The first-order valence-electron chi connectivity index (χ1n) is 4.69. The number of rotatable bonds is 4. The smallest absolute Gasteiger partial charge is 0.337 e. The van der Waals surface area contributed by atoms with Crippen molar-refractivity contribution in [1.82, 2.24) is 0 Å². The summed E-state index contributed by atoms with van der Waals surface area (Å²) in [4.78, 5) is 22.0. The van der Waals surface area contributed by atoms with E-state index in [1.165, 1.54) is 20.1 Å². The van der Waals surface area contributed by atoms with Crippen molar-refractivity contribution in [3.05, 3.63) is 29.8 Å². The third kappa shape index (κ3) is 2.98. The molecule has 0 unspecified atom stereocenters. The molecule has 0 aliphatic rings. The van der Waals surface area contributed by atoms with E-state index in [1.807, 2.05) is 0 Å². The topological polar surface area (TPSA) is 78.6 Å². The summed E-state index contributed by atoms with van der Waals surface area (Å²) >= 11 is 0. The number of esters is 1. The average molecular weight is 223 g/mol. The summed E-state index contributed by atoms with van der Waals surface area (Å²) in [7, 11) is 1.29. The Kier molecular flexibility index (Phi) is 3.88. The van der Waals surface area contributed by atoms with Gasteiger partial charge in [-0.05, 0) is 25.1 Å². The molecule has 0 fully saturated rings. The molecule has 16 heavy (non-hydrogen) atoms. The molecule has 0 aromatic heterocycles. The second kappa shape index (κ2) is 5.16. The summed E-state index contributed by atoms with van der Waals surface area (Å²) < 4.78 is 9.79.